The first kappa shape index (κ1) is 15.1. The van der Waals surface area contributed by atoms with Crippen LogP contribution in [0.15, 0.2) is 22.7 Å². The first-order chi connectivity index (χ1) is 8.96. The molecular weight excluding hydrogens is 354 g/mol. The number of benzene rings is 1. The van der Waals surface area contributed by atoms with Gasteiger partial charge in [0.25, 0.3) is 0 Å². The Balaban J connectivity index is 1.74. The molecule has 0 amide bonds. The van der Waals surface area contributed by atoms with Crippen LogP contribution >= 0.6 is 27.5 Å². The fourth-order valence-electron chi connectivity index (χ4n) is 1.97. The van der Waals surface area contributed by atoms with Crippen LogP contribution in [0.2, 0.25) is 5.02 Å². The Bertz CT molecular complexity index is 550. The molecule has 1 heterocycles. The van der Waals surface area contributed by atoms with Gasteiger partial charge in [0, 0.05) is 17.1 Å². The summed E-state index contributed by atoms with van der Waals surface area (Å²) in [7, 11) is -2.83. The number of halogens is 2. The van der Waals surface area contributed by atoms with Gasteiger partial charge in [0.15, 0.2) is 9.84 Å². The molecule has 0 spiro atoms. The largest absolute Gasteiger partial charge is 0.491 e. The predicted octanol–water partition coefficient (Wildman–Crippen LogP) is 2.26. The van der Waals surface area contributed by atoms with Gasteiger partial charge < -0.3 is 10.1 Å². The molecular formula is C12H15BrClNO3S. The van der Waals surface area contributed by atoms with E-state index in [-0.39, 0.29) is 17.5 Å². The highest BCUT2D eigenvalue weighted by Gasteiger charge is 2.27. The first-order valence-electron chi connectivity index (χ1n) is 5.98. The van der Waals surface area contributed by atoms with Gasteiger partial charge in [-0.1, -0.05) is 27.5 Å². The molecule has 0 radical (unpaired) electrons. The fourth-order valence-corrected chi connectivity index (χ4v) is 4.19. The van der Waals surface area contributed by atoms with Gasteiger partial charge in [0.1, 0.15) is 12.4 Å². The number of ether oxygens (including phenoxy) is 1. The van der Waals surface area contributed by atoms with Crippen LogP contribution in [0.5, 0.6) is 5.75 Å². The van der Waals surface area contributed by atoms with Crippen molar-refractivity contribution in [1.82, 2.24) is 5.32 Å². The Hall–Kier alpha value is -0.300. The van der Waals surface area contributed by atoms with Crippen LogP contribution in [-0.2, 0) is 9.84 Å². The van der Waals surface area contributed by atoms with Gasteiger partial charge in [-0.15, -0.1) is 0 Å². The average Bonchev–Trinajstić information content (AvgIpc) is 2.69. The highest BCUT2D eigenvalue weighted by atomic mass is 79.9. The molecule has 2 rings (SSSR count). The minimum absolute atomic E-state index is 0.0478. The van der Waals surface area contributed by atoms with Crippen LogP contribution in [0.1, 0.15) is 6.42 Å². The molecule has 1 atom stereocenters. The molecule has 7 heteroatoms. The maximum absolute atomic E-state index is 11.3. The topological polar surface area (TPSA) is 55.4 Å². The zero-order chi connectivity index (χ0) is 13.9. The van der Waals surface area contributed by atoms with Crippen molar-refractivity contribution in [2.45, 2.75) is 12.5 Å². The molecule has 1 saturated heterocycles. The van der Waals surface area contributed by atoms with Crippen molar-refractivity contribution in [1.29, 1.82) is 0 Å². The van der Waals surface area contributed by atoms with Crippen molar-refractivity contribution in [2.75, 3.05) is 24.7 Å². The summed E-state index contributed by atoms with van der Waals surface area (Å²) in [4.78, 5) is 0. The van der Waals surface area contributed by atoms with Crippen molar-refractivity contribution in [3.63, 3.8) is 0 Å². The van der Waals surface area contributed by atoms with Crippen LogP contribution in [0.4, 0.5) is 0 Å². The molecule has 0 bridgehead atoms. The van der Waals surface area contributed by atoms with Gasteiger partial charge in [-0.3, -0.25) is 0 Å². The van der Waals surface area contributed by atoms with Crippen molar-refractivity contribution in [3.05, 3.63) is 27.7 Å². The zero-order valence-corrected chi connectivity index (χ0v) is 13.4. The van der Waals surface area contributed by atoms with Gasteiger partial charge in [-0.2, -0.15) is 0 Å². The third kappa shape index (κ3) is 4.63. The van der Waals surface area contributed by atoms with Gasteiger partial charge in [-0.05, 0) is 24.6 Å². The van der Waals surface area contributed by atoms with E-state index < -0.39 is 9.84 Å². The SMILES string of the molecule is O=S1(=O)CCC(NCCOc2cc(Br)ccc2Cl)C1. The maximum atomic E-state index is 11.3. The molecule has 1 aliphatic rings. The van der Waals surface area contributed by atoms with E-state index in [0.717, 1.165) is 4.47 Å². The lowest BCUT2D eigenvalue weighted by atomic mass is 10.3. The van der Waals surface area contributed by atoms with Crippen molar-refractivity contribution in [3.8, 4) is 5.75 Å². The zero-order valence-electron chi connectivity index (χ0n) is 10.2. The highest BCUT2D eigenvalue weighted by Crippen LogP contribution is 2.27. The molecule has 1 fully saturated rings. The summed E-state index contributed by atoms with van der Waals surface area (Å²) in [6.07, 6.45) is 0.681. The van der Waals surface area contributed by atoms with E-state index >= 15 is 0 Å². The summed E-state index contributed by atoms with van der Waals surface area (Å²) < 4.78 is 29.0. The molecule has 0 aromatic heterocycles. The number of hydrogen-bond donors (Lipinski definition) is 1. The summed E-state index contributed by atoms with van der Waals surface area (Å²) in [5.41, 5.74) is 0. The van der Waals surface area contributed by atoms with Gasteiger partial charge in [0.05, 0.1) is 16.5 Å². The molecule has 106 valence electrons. The molecule has 0 saturated carbocycles. The van der Waals surface area contributed by atoms with E-state index in [1.807, 2.05) is 12.1 Å². The molecule has 1 aliphatic heterocycles. The number of nitrogens with one attached hydrogen (secondary N) is 1. The Labute approximate surface area is 126 Å². The van der Waals surface area contributed by atoms with E-state index in [4.69, 9.17) is 16.3 Å². The highest BCUT2D eigenvalue weighted by molar-refractivity contribution is 9.10. The van der Waals surface area contributed by atoms with Crippen molar-refractivity contribution in [2.24, 2.45) is 0 Å². The average molecular weight is 369 g/mol. The lowest BCUT2D eigenvalue weighted by Crippen LogP contribution is -2.33. The first-order valence-corrected chi connectivity index (χ1v) is 8.97. The second-order valence-corrected chi connectivity index (χ2v) is 8.03. The number of rotatable bonds is 5. The smallest absolute Gasteiger partial charge is 0.151 e. The molecule has 1 N–H and O–H groups in total. The number of sulfone groups is 1. The van der Waals surface area contributed by atoms with Crippen LogP contribution < -0.4 is 10.1 Å². The molecule has 0 aliphatic carbocycles. The van der Waals surface area contributed by atoms with E-state index in [1.54, 1.807) is 6.07 Å². The lowest BCUT2D eigenvalue weighted by molar-refractivity contribution is 0.307. The summed E-state index contributed by atoms with van der Waals surface area (Å²) in [6.45, 7) is 1.05. The summed E-state index contributed by atoms with van der Waals surface area (Å²) in [5.74, 6) is 1.13. The minimum atomic E-state index is -2.83. The molecule has 19 heavy (non-hydrogen) atoms. The van der Waals surface area contributed by atoms with E-state index in [9.17, 15) is 8.42 Å². The second-order valence-electron chi connectivity index (χ2n) is 4.48. The molecule has 1 aromatic rings. The van der Waals surface area contributed by atoms with Crippen LogP contribution in [0, 0.1) is 0 Å². The van der Waals surface area contributed by atoms with Crippen LogP contribution in [0.25, 0.3) is 0 Å². The predicted molar refractivity (Wildman–Crippen MR) is 79.7 cm³/mol. The minimum Gasteiger partial charge on any atom is -0.491 e. The fraction of sp³-hybridized carbons (Fsp3) is 0.500. The van der Waals surface area contributed by atoms with Gasteiger partial charge in [-0.25, -0.2) is 8.42 Å². The Kier molecular flexibility index (Phi) is 5.11. The summed E-state index contributed by atoms with van der Waals surface area (Å²) in [5, 5.41) is 3.74. The van der Waals surface area contributed by atoms with Crippen molar-refractivity contribution < 1.29 is 13.2 Å². The standard InChI is InChI=1S/C12H15BrClNO3S/c13-9-1-2-11(14)12(7-9)18-5-4-15-10-3-6-19(16,17)8-10/h1-2,7,10,15H,3-6,8H2. The maximum Gasteiger partial charge on any atom is 0.151 e. The third-order valence-electron chi connectivity index (χ3n) is 2.92. The number of hydrogen-bond acceptors (Lipinski definition) is 4. The van der Waals surface area contributed by atoms with Crippen LogP contribution in [-0.4, -0.2) is 39.1 Å². The van der Waals surface area contributed by atoms with Crippen molar-refractivity contribution >= 4 is 37.4 Å². The second kappa shape index (κ2) is 6.43. The molecule has 1 unspecified atom stereocenters. The third-order valence-corrected chi connectivity index (χ3v) is 5.49. The normalized spacial score (nSPS) is 21.5. The van der Waals surface area contributed by atoms with E-state index in [1.165, 1.54) is 0 Å². The Morgan fingerprint density at radius 2 is 2.26 bits per heavy atom. The summed E-state index contributed by atoms with van der Waals surface area (Å²) in [6, 6.07) is 5.46. The quantitative estimate of drug-likeness (QED) is 0.810. The van der Waals surface area contributed by atoms with Gasteiger partial charge in [0.2, 0.25) is 0 Å². The molecule has 4 nitrogen and oxygen atoms in total. The lowest BCUT2D eigenvalue weighted by Gasteiger charge is -2.12. The molecule has 1 aromatic carbocycles. The monoisotopic (exact) mass is 367 g/mol. The summed E-state index contributed by atoms with van der Waals surface area (Å²) >= 11 is 9.34. The van der Waals surface area contributed by atoms with Crippen LogP contribution in [0.3, 0.4) is 0 Å². The van der Waals surface area contributed by atoms with Gasteiger partial charge >= 0.3 is 0 Å². The Morgan fingerprint density at radius 3 is 2.95 bits per heavy atom. The van der Waals surface area contributed by atoms with E-state index in [2.05, 4.69) is 21.2 Å². The van der Waals surface area contributed by atoms with E-state index in [0.29, 0.717) is 30.3 Å². The Morgan fingerprint density at radius 1 is 1.47 bits per heavy atom.